The summed E-state index contributed by atoms with van der Waals surface area (Å²) < 4.78 is 8.63. The number of fused-ring (bicyclic) bond motifs is 4. The number of likely N-dealkylation sites (tertiary alicyclic amines) is 1. The summed E-state index contributed by atoms with van der Waals surface area (Å²) >= 11 is 3.85. The number of ether oxygens (including phenoxy) is 1. The standard InChI is InChI=1S/C30H31BrN4O4/c1-6-24(37)33-12-18(13-33)32-23(36)14-34-17(4)25-27-26(21(31)10-15(2)28(27)34)29-19-8-7-9-22(39-5)20(19)11-16(3)35(29)30(25)38/h6-10,16,18,29H,1,11-14H2,2-5H3,(H,32,36)/t16-,29-/m0/s1. The lowest BCUT2D eigenvalue weighted by Gasteiger charge is -2.45. The number of aromatic nitrogens is 1. The van der Waals surface area contributed by atoms with E-state index in [-0.39, 0.29) is 42.4 Å². The lowest BCUT2D eigenvalue weighted by molar-refractivity contribution is -0.133. The van der Waals surface area contributed by atoms with E-state index in [1.807, 2.05) is 35.4 Å². The van der Waals surface area contributed by atoms with Gasteiger partial charge in [0.2, 0.25) is 11.8 Å². The number of rotatable bonds is 5. The maximum Gasteiger partial charge on any atom is 0.257 e. The topological polar surface area (TPSA) is 83.9 Å². The van der Waals surface area contributed by atoms with E-state index in [4.69, 9.17) is 4.74 Å². The number of aryl methyl sites for hydroxylation is 1. The van der Waals surface area contributed by atoms with Crippen LogP contribution in [0.3, 0.4) is 0 Å². The summed E-state index contributed by atoms with van der Waals surface area (Å²) in [4.78, 5) is 42.8. The molecular weight excluding hydrogens is 560 g/mol. The minimum atomic E-state index is -0.260. The molecule has 3 aliphatic rings. The van der Waals surface area contributed by atoms with E-state index in [2.05, 4.69) is 46.9 Å². The van der Waals surface area contributed by atoms with Crippen LogP contribution in [-0.2, 0) is 22.6 Å². The minimum absolute atomic E-state index is 0.00907. The lowest BCUT2D eigenvalue weighted by atomic mass is 9.80. The molecule has 3 amide bonds. The number of carbonyl (C=O) groups is 3. The average molecular weight is 592 g/mol. The first-order valence-electron chi connectivity index (χ1n) is 13.2. The molecule has 4 heterocycles. The van der Waals surface area contributed by atoms with E-state index in [9.17, 15) is 14.4 Å². The highest BCUT2D eigenvalue weighted by Gasteiger charge is 2.45. The van der Waals surface area contributed by atoms with E-state index in [0.717, 1.165) is 49.1 Å². The Hall–Kier alpha value is -3.59. The molecule has 39 heavy (non-hydrogen) atoms. The van der Waals surface area contributed by atoms with Crippen molar-refractivity contribution in [3.05, 3.63) is 74.9 Å². The Morgan fingerprint density at radius 1 is 1.26 bits per heavy atom. The van der Waals surface area contributed by atoms with Crippen LogP contribution in [0.2, 0.25) is 0 Å². The Labute approximate surface area is 235 Å². The minimum Gasteiger partial charge on any atom is -0.496 e. The Morgan fingerprint density at radius 3 is 2.69 bits per heavy atom. The number of benzene rings is 2. The molecule has 3 aromatic rings. The molecule has 6 rings (SSSR count). The first-order chi connectivity index (χ1) is 18.7. The van der Waals surface area contributed by atoms with Crippen LogP contribution in [0.1, 0.15) is 51.3 Å². The van der Waals surface area contributed by atoms with Crippen molar-refractivity contribution in [3.63, 3.8) is 0 Å². The van der Waals surface area contributed by atoms with E-state index < -0.39 is 0 Å². The predicted molar refractivity (Wildman–Crippen MR) is 152 cm³/mol. The molecule has 2 atom stereocenters. The third-order valence-corrected chi connectivity index (χ3v) is 9.12. The molecule has 3 aliphatic heterocycles. The van der Waals surface area contributed by atoms with E-state index in [0.29, 0.717) is 25.1 Å². The highest BCUT2D eigenvalue weighted by molar-refractivity contribution is 9.10. The second kappa shape index (κ2) is 9.26. The van der Waals surface area contributed by atoms with Crippen LogP contribution >= 0.6 is 15.9 Å². The normalized spacial score (nSPS) is 19.9. The fraction of sp³-hybridized carbons (Fsp3) is 0.367. The molecule has 0 saturated carbocycles. The number of nitrogens with zero attached hydrogens (tertiary/aromatic N) is 3. The number of hydrogen-bond acceptors (Lipinski definition) is 4. The second-order valence-electron chi connectivity index (χ2n) is 10.8. The Bertz CT molecular complexity index is 1590. The number of amides is 3. The summed E-state index contributed by atoms with van der Waals surface area (Å²) in [5.41, 5.74) is 6.60. The summed E-state index contributed by atoms with van der Waals surface area (Å²) in [7, 11) is 1.68. The Balaban J connectivity index is 1.45. The molecule has 1 aromatic heterocycles. The molecule has 1 saturated heterocycles. The molecule has 0 aliphatic carbocycles. The van der Waals surface area contributed by atoms with Gasteiger partial charge in [0.05, 0.1) is 30.3 Å². The molecule has 1 N–H and O–H groups in total. The van der Waals surface area contributed by atoms with Crippen LogP contribution in [0.25, 0.3) is 10.9 Å². The van der Waals surface area contributed by atoms with E-state index in [1.165, 1.54) is 6.08 Å². The van der Waals surface area contributed by atoms with Crippen LogP contribution in [0.15, 0.2) is 41.4 Å². The van der Waals surface area contributed by atoms with Crippen LogP contribution < -0.4 is 10.1 Å². The SMILES string of the molecule is C=CC(=O)N1CC(NC(=O)Cn2c(C)c3c4c(c(Br)cc(C)c42)[C@@H]2c4cccc(OC)c4C[C@H](C)N2C3=O)C1. The largest absolute Gasteiger partial charge is 0.496 e. The summed E-state index contributed by atoms with van der Waals surface area (Å²) in [6.07, 6.45) is 1.99. The van der Waals surface area contributed by atoms with Gasteiger partial charge in [0, 0.05) is 45.8 Å². The van der Waals surface area contributed by atoms with Gasteiger partial charge in [-0.3, -0.25) is 14.4 Å². The molecule has 0 radical (unpaired) electrons. The summed E-state index contributed by atoms with van der Waals surface area (Å²) in [5.74, 6) is 0.554. The number of hydrogen-bond donors (Lipinski definition) is 1. The molecule has 8 nitrogen and oxygen atoms in total. The van der Waals surface area contributed by atoms with Gasteiger partial charge in [-0.25, -0.2) is 0 Å². The number of carbonyl (C=O) groups excluding carboxylic acids is 3. The van der Waals surface area contributed by atoms with Crippen molar-refractivity contribution in [1.82, 2.24) is 19.7 Å². The van der Waals surface area contributed by atoms with E-state index >= 15 is 0 Å². The quantitative estimate of drug-likeness (QED) is 0.455. The lowest BCUT2D eigenvalue weighted by Crippen LogP contribution is -2.61. The monoisotopic (exact) mass is 590 g/mol. The van der Waals surface area contributed by atoms with Crippen LogP contribution in [0.5, 0.6) is 5.75 Å². The Morgan fingerprint density at radius 2 is 2.00 bits per heavy atom. The van der Waals surface area contributed by atoms with Gasteiger partial charge in [-0.15, -0.1) is 0 Å². The first-order valence-corrected chi connectivity index (χ1v) is 14.0. The zero-order valence-corrected chi connectivity index (χ0v) is 24.1. The van der Waals surface area contributed by atoms with Crippen molar-refractivity contribution in [2.75, 3.05) is 20.2 Å². The molecule has 0 spiro atoms. The fourth-order valence-electron chi connectivity index (χ4n) is 6.67. The summed E-state index contributed by atoms with van der Waals surface area (Å²) in [5, 5.41) is 3.95. The van der Waals surface area contributed by atoms with Crippen molar-refractivity contribution in [1.29, 1.82) is 0 Å². The molecule has 202 valence electrons. The zero-order chi connectivity index (χ0) is 27.7. The van der Waals surface area contributed by atoms with Gasteiger partial charge in [-0.2, -0.15) is 0 Å². The van der Waals surface area contributed by atoms with Crippen molar-refractivity contribution in [3.8, 4) is 5.75 Å². The molecule has 2 aromatic carbocycles. The van der Waals surface area contributed by atoms with Crippen molar-refractivity contribution < 1.29 is 19.1 Å². The molecule has 0 bridgehead atoms. The Kier molecular flexibility index (Phi) is 6.10. The van der Waals surface area contributed by atoms with Gasteiger partial charge < -0.3 is 24.4 Å². The zero-order valence-electron chi connectivity index (χ0n) is 22.5. The van der Waals surface area contributed by atoms with Crippen LogP contribution in [0.4, 0.5) is 0 Å². The summed E-state index contributed by atoms with van der Waals surface area (Å²) in [6, 6.07) is 7.76. The maximum absolute atomic E-state index is 14.2. The van der Waals surface area contributed by atoms with Crippen LogP contribution in [0, 0.1) is 13.8 Å². The summed E-state index contributed by atoms with van der Waals surface area (Å²) in [6.45, 7) is 10.6. The van der Waals surface area contributed by atoms with E-state index in [1.54, 1.807) is 12.0 Å². The smallest absolute Gasteiger partial charge is 0.257 e. The van der Waals surface area contributed by atoms with Gasteiger partial charge in [0.25, 0.3) is 5.91 Å². The van der Waals surface area contributed by atoms with Gasteiger partial charge in [-0.05, 0) is 56.5 Å². The molecule has 9 heteroatoms. The average Bonchev–Trinajstić information content (AvgIpc) is 3.16. The molecular formula is C30H31BrN4O4. The third kappa shape index (κ3) is 3.73. The van der Waals surface area contributed by atoms with Gasteiger partial charge in [-0.1, -0.05) is 34.6 Å². The molecule has 0 unspecified atom stereocenters. The second-order valence-corrected chi connectivity index (χ2v) is 11.6. The highest BCUT2D eigenvalue weighted by atomic mass is 79.9. The fourth-order valence-corrected chi connectivity index (χ4v) is 7.43. The maximum atomic E-state index is 14.2. The molecule has 1 fully saturated rings. The third-order valence-electron chi connectivity index (χ3n) is 8.46. The number of nitrogens with one attached hydrogen (secondary N) is 1. The van der Waals surface area contributed by atoms with Crippen molar-refractivity contribution in [2.45, 2.75) is 51.9 Å². The number of methoxy groups -OCH3 is 1. The van der Waals surface area contributed by atoms with Crippen molar-refractivity contribution >= 4 is 44.6 Å². The van der Waals surface area contributed by atoms with Crippen LogP contribution in [-0.4, -0.2) is 64.4 Å². The van der Waals surface area contributed by atoms with Gasteiger partial charge in [0.1, 0.15) is 12.3 Å². The highest BCUT2D eigenvalue weighted by Crippen LogP contribution is 2.51. The van der Waals surface area contributed by atoms with Gasteiger partial charge in [0.15, 0.2) is 0 Å². The predicted octanol–water partition coefficient (Wildman–Crippen LogP) is 4.03. The van der Waals surface area contributed by atoms with Gasteiger partial charge >= 0.3 is 0 Å². The number of halogens is 1. The van der Waals surface area contributed by atoms with Crippen molar-refractivity contribution in [2.24, 2.45) is 0 Å². The first kappa shape index (κ1) is 25.7.